The molecule has 0 bridgehead atoms. The van der Waals surface area contributed by atoms with Crippen LogP contribution < -0.4 is 11.1 Å². The molecular formula is C15H24Cl2N2O. The fourth-order valence-electron chi connectivity index (χ4n) is 2.23. The van der Waals surface area contributed by atoms with Crippen molar-refractivity contribution >= 4 is 29.9 Å². The fourth-order valence-corrected chi connectivity index (χ4v) is 2.36. The van der Waals surface area contributed by atoms with E-state index in [1.165, 1.54) is 5.56 Å². The lowest BCUT2D eigenvalue weighted by molar-refractivity contribution is -0.122. The van der Waals surface area contributed by atoms with E-state index in [-0.39, 0.29) is 23.7 Å². The van der Waals surface area contributed by atoms with Crippen LogP contribution in [0, 0.1) is 0 Å². The second kappa shape index (κ2) is 8.50. The number of benzene rings is 1. The minimum absolute atomic E-state index is 0. The molecule has 114 valence electrons. The van der Waals surface area contributed by atoms with Gasteiger partial charge in [0.05, 0.1) is 6.04 Å². The first-order valence-electron chi connectivity index (χ1n) is 6.74. The molecular weight excluding hydrogens is 295 g/mol. The number of nitrogens with one attached hydrogen (secondary N) is 1. The van der Waals surface area contributed by atoms with Gasteiger partial charge in [0.1, 0.15) is 0 Å². The molecule has 20 heavy (non-hydrogen) atoms. The van der Waals surface area contributed by atoms with E-state index in [2.05, 4.69) is 19.2 Å². The van der Waals surface area contributed by atoms with E-state index in [4.69, 9.17) is 17.3 Å². The van der Waals surface area contributed by atoms with Gasteiger partial charge in [-0.15, -0.1) is 12.4 Å². The van der Waals surface area contributed by atoms with Crippen molar-refractivity contribution in [1.29, 1.82) is 0 Å². The maximum atomic E-state index is 11.6. The highest BCUT2D eigenvalue weighted by Gasteiger charge is 2.29. The molecule has 1 atom stereocenters. The summed E-state index contributed by atoms with van der Waals surface area (Å²) in [5.74, 6) is -0.111. The summed E-state index contributed by atoms with van der Waals surface area (Å²) in [6.07, 6.45) is 1.90. The summed E-state index contributed by atoms with van der Waals surface area (Å²) in [6, 6.07) is 7.38. The molecule has 1 aromatic carbocycles. The Morgan fingerprint density at radius 3 is 2.20 bits per heavy atom. The molecule has 0 heterocycles. The fraction of sp³-hybridized carbons (Fsp3) is 0.533. The molecule has 3 nitrogen and oxygen atoms in total. The highest BCUT2D eigenvalue weighted by molar-refractivity contribution is 6.30. The van der Waals surface area contributed by atoms with E-state index in [0.29, 0.717) is 6.54 Å². The lowest BCUT2D eigenvalue weighted by Crippen LogP contribution is -2.45. The van der Waals surface area contributed by atoms with Crippen LogP contribution in [-0.4, -0.2) is 18.5 Å². The zero-order chi connectivity index (χ0) is 14.5. The molecule has 0 saturated heterocycles. The predicted octanol–water partition coefficient (Wildman–Crippen LogP) is 3.28. The van der Waals surface area contributed by atoms with Crippen molar-refractivity contribution in [2.45, 2.75) is 45.1 Å². The molecule has 1 aromatic rings. The monoisotopic (exact) mass is 318 g/mol. The second-order valence-corrected chi connectivity index (χ2v) is 5.44. The molecule has 0 aliphatic carbocycles. The van der Waals surface area contributed by atoms with Gasteiger partial charge in [0, 0.05) is 17.0 Å². The van der Waals surface area contributed by atoms with Crippen LogP contribution in [0.3, 0.4) is 0 Å². The van der Waals surface area contributed by atoms with E-state index in [1.54, 1.807) is 6.92 Å². The zero-order valence-electron chi connectivity index (χ0n) is 12.3. The standard InChI is InChI=1S/C15H23ClN2O.ClH/c1-4-15(5-2,10-18-14(19)11(3)17)12-6-8-13(16)9-7-12;/h6-9,11H,4-5,10,17H2,1-3H3,(H,18,19);1H/t11-;/m1./s1. The summed E-state index contributed by atoms with van der Waals surface area (Å²) < 4.78 is 0. The highest BCUT2D eigenvalue weighted by atomic mass is 35.5. The van der Waals surface area contributed by atoms with Gasteiger partial charge in [-0.05, 0) is 37.5 Å². The molecule has 3 N–H and O–H groups in total. The minimum atomic E-state index is -0.475. The molecule has 0 spiro atoms. The Hall–Kier alpha value is -0.770. The normalized spacial score (nSPS) is 12.4. The summed E-state index contributed by atoms with van der Waals surface area (Å²) in [6.45, 7) is 6.56. The molecule has 0 aromatic heterocycles. The van der Waals surface area contributed by atoms with Crippen LogP contribution in [0.4, 0.5) is 0 Å². The van der Waals surface area contributed by atoms with Gasteiger partial charge in [-0.2, -0.15) is 0 Å². The summed E-state index contributed by atoms with van der Waals surface area (Å²) in [5.41, 5.74) is 6.72. The Balaban J connectivity index is 0.00000361. The number of halogens is 2. The van der Waals surface area contributed by atoms with Crippen LogP contribution in [0.1, 0.15) is 39.2 Å². The van der Waals surface area contributed by atoms with E-state index in [1.807, 2.05) is 24.3 Å². The summed E-state index contributed by atoms with van der Waals surface area (Å²) in [4.78, 5) is 11.6. The Labute approximate surface area is 132 Å². The quantitative estimate of drug-likeness (QED) is 0.845. The van der Waals surface area contributed by atoms with Crippen LogP contribution >= 0.6 is 24.0 Å². The number of hydrogen-bond donors (Lipinski definition) is 2. The predicted molar refractivity (Wildman–Crippen MR) is 87.6 cm³/mol. The van der Waals surface area contributed by atoms with Gasteiger partial charge >= 0.3 is 0 Å². The van der Waals surface area contributed by atoms with Gasteiger partial charge in [-0.3, -0.25) is 4.79 Å². The van der Waals surface area contributed by atoms with Gasteiger partial charge in [-0.1, -0.05) is 37.6 Å². The Bertz CT molecular complexity index is 414. The molecule has 5 heteroatoms. The summed E-state index contributed by atoms with van der Waals surface area (Å²) in [5, 5.41) is 3.67. The maximum Gasteiger partial charge on any atom is 0.236 e. The molecule has 0 saturated carbocycles. The van der Waals surface area contributed by atoms with Crippen molar-refractivity contribution in [2.75, 3.05) is 6.54 Å². The van der Waals surface area contributed by atoms with Gasteiger partial charge < -0.3 is 11.1 Å². The largest absolute Gasteiger partial charge is 0.354 e. The van der Waals surface area contributed by atoms with Crippen LogP contribution in [0.25, 0.3) is 0 Å². The first-order valence-corrected chi connectivity index (χ1v) is 7.12. The SMILES string of the molecule is CCC(CC)(CNC(=O)[C@@H](C)N)c1ccc(Cl)cc1.Cl. The second-order valence-electron chi connectivity index (χ2n) is 5.00. The average Bonchev–Trinajstić information content (AvgIpc) is 2.41. The van der Waals surface area contributed by atoms with E-state index < -0.39 is 6.04 Å². The van der Waals surface area contributed by atoms with Crippen LogP contribution in [0.5, 0.6) is 0 Å². The smallest absolute Gasteiger partial charge is 0.236 e. The van der Waals surface area contributed by atoms with Gasteiger partial charge in [0.25, 0.3) is 0 Å². The molecule has 1 amide bonds. The number of carbonyl (C=O) groups excluding carboxylic acids is 1. The summed E-state index contributed by atoms with van der Waals surface area (Å²) in [7, 11) is 0. The van der Waals surface area contributed by atoms with E-state index in [9.17, 15) is 4.79 Å². The Kier molecular flexibility index (Phi) is 8.17. The van der Waals surface area contributed by atoms with Gasteiger partial charge in [-0.25, -0.2) is 0 Å². The summed E-state index contributed by atoms with van der Waals surface area (Å²) >= 11 is 5.93. The van der Waals surface area contributed by atoms with Crippen molar-refractivity contribution in [3.8, 4) is 0 Å². The van der Waals surface area contributed by atoms with Crippen molar-refractivity contribution in [3.63, 3.8) is 0 Å². The van der Waals surface area contributed by atoms with Crippen LogP contribution in [0.15, 0.2) is 24.3 Å². The lowest BCUT2D eigenvalue weighted by atomic mass is 9.76. The zero-order valence-corrected chi connectivity index (χ0v) is 13.9. The van der Waals surface area contributed by atoms with Crippen molar-refractivity contribution in [1.82, 2.24) is 5.32 Å². The number of hydrogen-bond acceptors (Lipinski definition) is 2. The van der Waals surface area contributed by atoms with Crippen molar-refractivity contribution < 1.29 is 4.79 Å². The maximum absolute atomic E-state index is 11.6. The number of nitrogens with two attached hydrogens (primary N) is 1. The highest BCUT2D eigenvalue weighted by Crippen LogP contribution is 2.31. The third-order valence-corrected chi connectivity index (χ3v) is 4.08. The first kappa shape index (κ1) is 19.2. The first-order chi connectivity index (χ1) is 8.95. The molecule has 0 aliphatic heterocycles. The van der Waals surface area contributed by atoms with Crippen molar-refractivity contribution in [2.24, 2.45) is 5.73 Å². The Morgan fingerprint density at radius 1 is 1.30 bits per heavy atom. The molecule has 0 aliphatic rings. The molecule has 1 rings (SSSR count). The van der Waals surface area contributed by atoms with Crippen LogP contribution in [-0.2, 0) is 10.2 Å². The van der Waals surface area contributed by atoms with Crippen LogP contribution in [0.2, 0.25) is 5.02 Å². The Morgan fingerprint density at radius 2 is 1.80 bits per heavy atom. The average molecular weight is 319 g/mol. The lowest BCUT2D eigenvalue weighted by Gasteiger charge is -2.33. The molecule has 0 radical (unpaired) electrons. The van der Waals surface area contributed by atoms with Crippen molar-refractivity contribution in [3.05, 3.63) is 34.9 Å². The van der Waals surface area contributed by atoms with E-state index >= 15 is 0 Å². The third-order valence-electron chi connectivity index (χ3n) is 3.82. The van der Waals surface area contributed by atoms with Gasteiger partial charge in [0.2, 0.25) is 5.91 Å². The number of rotatable bonds is 6. The number of amides is 1. The molecule has 0 fully saturated rings. The van der Waals surface area contributed by atoms with Gasteiger partial charge in [0.15, 0.2) is 0 Å². The molecule has 0 unspecified atom stereocenters. The van der Waals surface area contributed by atoms with E-state index in [0.717, 1.165) is 17.9 Å². The third kappa shape index (κ3) is 4.65. The topological polar surface area (TPSA) is 55.1 Å². The minimum Gasteiger partial charge on any atom is -0.354 e. The number of carbonyl (C=O) groups is 1.